The highest BCUT2D eigenvalue weighted by molar-refractivity contribution is 5.95. The number of rotatable bonds is 7. The second kappa shape index (κ2) is 7.01. The minimum absolute atomic E-state index is 0.0824. The molecule has 18 heavy (non-hydrogen) atoms. The first-order chi connectivity index (χ1) is 8.56. The quantitative estimate of drug-likeness (QED) is 0.443. The van der Waals surface area contributed by atoms with Gasteiger partial charge in [0.15, 0.2) is 0 Å². The van der Waals surface area contributed by atoms with E-state index >= 15 is 0 Å². The Morgan fingerprint density at radius 3 is 2.28 bits per heavy atom. The van der Waals surface area contributed by atoms with Crippen molar-refractivity contribution in [3.8, 4) is 5.75 Å². The van der Waals surface area contributed by atoms with Crippen LogP contribution in [0.25, 0.3) is 0 Å². The molecule has 100 valence electrons. The van der Waals surface area contributed by atoms with Crippen molar-refractivity contribution in [2.75, 3.05) is 19.8 Å². The molecule has 0 atom stereocenters. The third kappa shape index (κ3) is 4.04. The van der Waals surface area contributed by atoms with Gasteiger partial charge in [-0.3, -0.25) is 5.41 Å². The van der Waals surface area contributed by atoms with Gasteiger partial charge in [-0.05, 0) is 43.5 Å². The van der Waals surface area contributed by atoms with Gasteiger partial charge in [0.2, 0.25) is 0 Å². The molecule has 0 aliphatic rings. The lowest BCUT2D eigenvalue weighted by Gasteiger charge is -2.13. The van der Waals surface area contributed by atoms with E-state index in [0.717, 1.165) is 35.5 Å². The summed E-state index contributed by atoms with van der Waals surface area (Å²) in [4.78, 5) is 0. The molecule has 0 unspecified atom stereocenters. The highest BCUT2D eigenvalue weighted by atomic mass is 16.5. The van der Waals surface area contributed by atoms with Gasteiger partial charge in [-0.2, -0.15) is 0 Å². The first-order valence-corrected chi connectivity index (χ1v) is 6.22. The molecule has 0 aliphatic heterocycles. The molecule has 0 saturated heterocycles. The highest BCUT2D eigenvalue weighted by Crippen LogP contribution is 2.24. The van der Waals surface area contributed by atoms with E-state index in [1.165, 1.54) is 0 Å². The molecule has 1 rings (SSSR count). The zero-order chi connectivity index (χ0) is 13.5. The van der Waals surface area contributed by atoms with Gasteiger partial charge in [0.1, 0.15) is 18.2 Å². The first kappa shape index (κ1) is 14.5. The number of nitrogens with two attached hydrogens (primary N) is 1. The van der Waals surface area contributed by atoms with Crippen LogP contribution >= 0.6 is 0 Å². The van der Waals surface area contributed by atoms with E-state index in [9.17, 15) is 0 Å². The molecule has 0 radical (unpaired) electrons. The summed E-state index contributed by atoms with van der Waals surface area (Å²) < 4.78 is 11.1. The molecule has 0 aliphatic carbocycles. The van der Waals surface area contributed by atoms with Gasteiger partial charge < -0.3 is 15.2 Å². The lowest BCUT2D eigenvalue weighted by atomic mass is 10.1. The zero-order valence-electron chi connectivity index (χ0n) is 11.4. The fraction of sp³-hybridized carbons (Fsp3) is 0.500. The van der Waals surface area contributed by atoms with Crippen LogP contribution in [-0.2, 0) is 4.74 Å². The van der Waals surface area contributed by atoms with E-state index in [4.69, 9.17) is 20.6 Å². The fourth-order valence-electron chi connectivity index (χ4n) is 1.78. The summed E-state index contributed by atoms with van der Waals surface area (Å²) >= 11 is 0. The summed E-state index contributed by atoms with van der Waals surface area (Å²) in [7, 11) is 0. The van der Waals surface area contributed by atoms with E-state index in [0.29, 0.717) is 13.2 Å². The predicted molar refractivity (Wildman–Crippen MR) is 73.5 cm³/mol. The minimum atomic E-state index is 0.0824. The zero-order valence-corrected chi connectivity index (χ0v) is 11.4. The molecule has 0 amide bonds. The van der Waals surface area contributed by atoms with Crippen LogP contribution in [0.2, 0.25) is 0 Å². The summed E-state index contributed by atoms with van der Waals surface area (Å²) in [5.74, 6) is 0.944. The minimum Gasteiger partial charge on any atom is -0.491 e. The van der Waals surface area contributed by atoms with Crippen LogP contribution in [-0.4, -0.2) is 25.7 Å². The Bertz CT molecular complexity index is 393. The maximum absolute atomic E-state index is 7.43. The van der Waals surface area contributed by atoms with Crippen LogP contribution in [0.15, 0.2) is 12.1 Å². The van der Waals surface area contributed by atoms with Crippen LogP contribution in [0, 0.1) is 19.3 Å². The highest BCUT2D eigenvalue weighted by Gasteiger charge is 2.07. The SMILES string of the molecule is CCCOCCOc1c(C)cc(C(=N)N)cc1C. The molecule has 0 heterocycles. The van der Waals surface area contributed by atoms with Crippen molar-refractivity contribution in [1.29, 1.82) is 5.41 Å². The molecule has 1 aromatic rings. The lowest BCUT2D eigenvalue weighted by Crippen LogP contribution is -2.13. The number of hydrogen-bond acceptors (Lipinski definition) is 3. The second-order valence-corrected chi connectivity index (χ2v) is 4.31. The molecule has 1 aromatic carbocycles. The van der Waals surface area contributed by atoms with Crippen molar-refractivity contribution in [1.82, 2.24) is 0 Å². The van der Waals surface area contributed by atoms with Gasteiger partial charge in [0.05, 0.1) is 6.61 Å². The summed E-state index contributed by atoms with van der Waals surface area (Å²) in [6.45, 7) is 7.91. The number of aryl methyl sites for hydroxylation is 2. The van der Waals surface area contributed by atoms with Crippen molar-refractivity contribution >= 4 is 5.84 Å². The number of nitrogens with one attached hydrogen (secondary N) is 1. The lowest BCUT2D eigenvalue weighted by molar-refractivity contribution is 0.100. The van der Waals surface area contributed by atoms with E-state index in [1.54, 1.807) is 0 Å². The molecular weight excluding hydrogens is 228 g/mol. The molecule has 0 aromatic heterocycles. The Hall–Kier alpha value is -1.55. The van der Waals surface area contributed by atoms with Crippen molar-refractivity contribution in [3.05, 3.63) is 28.8 Å². The van der Waals surface area contributed by atoms with Crippen LogP contribution in [0.4, 0.5) is 0 Å². The third-order valence-electron chi connectivity index (χ3n) is 2.59. The topological polar surface area (TPSA) is 68.3 Å². The molecule has 0 bridgehead atoms. The maximum atomic E-state index is 7.43. The van der Waals surface area contributed by atoms with E-state index < -0.39 is 0 Å². The molecule has 0 spiro atoms. The van der Waals surface area contributed by atoms with Gasteiger partial charge in [0.25, 0.3) is 0 Å². The van der Waals surface area contributed by atoms with Crippen molar-refractivity contribution in [2.24, 2.45) is 5.73 Å². The number of ether oxygens (including phenoxy) is 2. The fourth-order valence-corrected chi connectivity index (χ4v) is 1.78. The van der Waals surface area contributed by atoms with Crippen molar-refractivity contribution < 1.29 is 9.47 Å². The number of benzene rings is 1. The number of amidine groups is 1. The average molecular weight is 250 g/mol. The van der Waals surface area contributed by atoms with Gasteiger partial charge >= 0.3 is 0 Å². The Morgan fingerprint density at radius 2 is 1.78 bits per heavy atom. The number of nitrogen functional groups attached to an aromatic ring is 1. The summed E-state index contributed by atoms with van der Waals surface area (Å²) in [5.41, 5.74) is 8.21. The molecule has 0 saturated carbocycles. The summed E-state index contributed by atoms with van der Waals surface area (Å²) in [5, 5.41) is 7.43. The number of hydrogen-bond donors (Lipinski definition) is 2. The van der Waals surface area contributed by atoms with Gasteiger partial charge in [-0.25, -0.2) is 0 Å². The first-order valence-electron chi connectivity index (χ1n) is 6.22. The maximum Gasteiger partial charge on any atom is 0.125 e. The third-order valence-corrected chi connectivity index (χ3v) is 2.59. The van der Waals surface area contributed by atoms with Crippen LogP contribution in [0.5, 0.6) is 5.75 Å². The van der Waals surface area contributed by atoms with Crippen LogP contribution in [0.3, 0.4) is 0 Å². The summed E-state index contributed by atoms with van der Waals surface area (Å²) in [6, 6.07) is 3.75. The Labute approximate surface area is 109 Å². The molecular formula is C14H22N2O2. The Kier molecular flexibility index (Phi) is 5.65. The largest absolute Gasteiger partial charge is 0.491 e. The van der Waals surface area contributed by atoms with Gasteiger partial charge in [-0.1, -0.05) is 6.92 Å². The Morgan fingerprint density at radius 1 is 1.17 bits per heavy atom. The standard InChI is InChI=1S/C14H22N2O2/c1-4-5-17-6-7-18-13-10(2)8-12(14(15)16)9-11(13)3/h8-9H,4-7H2,1-3H3,(H3,15,16). The van der Waals surface area contributed by atoms with Crippen LogP contribution in [0.1, 0.15) is 30.0 Å². The predicted octanol–water partition coefficient (Wildman–Crippen LogP) is 2.39. The molecule has 3 N–H and O–H groups in total. The normalized spacial score (nSPS) is 10.4. The molecule has 0 fully saturated rings. The van der Waals surface area contributed by atoms with Crippen molar-refractivity contribution in [3.63, 3.8) is 0 Å². The van der Waals surface area contributed by atoms with E-state index in [1.807, 2.05) is 26.0 Å². The van der Waals surface area contributed by atoms with E-state index in [-0.39, 0.29) is 5.84 Å². The van der Waals surface area contributed by atoms with Gasteiger partial charge in [0, 0.05) is 12.2 Å². The smallest absolute Gasteiger partial charge is 0.125 e. The van der Waals surface area contributed by atoms with E-state index in [2.05, 4.69) is 6.92 Å². The monoisotopic (exact) mass is 250 g/mol. The van der Waals surface area contributed by atoms with Crippen molar-refractivity contribution in [2.45, 2.75) is 27.2 Å². The Balaban J connectivity index is 2.63. The van der Waals surface area contributed by atoms with Gasteiger partial charge in [-0.15, -0.1) is 0 Å². The summed E-state index contributed by atoms with van der Waals surface area (Å²) in [6.07, 6.45) is 1.02. The molecule has 4 nitrogen and oxygen atoms in total. The van der Waals surface area contributed by atoms with Crippen LogP contribution < -0.4 is 10.5 Å². The second-order valence-electron chi connectivity index (χ2n) is 4.31. The average Bonchev–Trinajstić information content (AvgIpc) is 2.31. The molecule has 4 heteroatoms.